The molecule has 0 unspecified atom stereocenters. The second-order valence-corrected chi connectivity index (χ2v) is 5.78. The van der Waals surface area contributed by atoms with Crippen molar-refractivity contribution in [2.45, 2.75) is 32.6 Å². The Kier molecular flexibility index (Phi) is 7.15. The van der Waals surface area contributed by atoms with Crippen molar-refractivity contribution in [2.75, 3.05) is 19.0 Å². The predicted octanol–water partition coefficient (Wildman–Crippen LogP) is 4.40. The van der Waals surface area contributed by atoms with Gasteiger partial charge in [-0.1, -0.05) is 37.6 Å². The van der Waals surface area contributed by atoms with Crippen LogP contribution in [0.2, 0.25) is 0 Å². The lowest BCUT2D eigenvalue weighted by molar-refractivity contribution is 0.252. The number of amides is 2. The Morgan fingerprint density at radius 3 is 2.21 bits per heavy atom. The maximum atomic E-state index is 11.9. The van der Waals surface area contributed by atoms with Gasteiger partial charge in [0.2, 0.25) is 0 Å². The Bertz CT molecular complexity index is 621. The number of ether oxygens (including phenoxy) is 1. The first kappa shape index (κ1) is 17.9. The van der Waals surface area contributed by atoms with Gasteiger partial charge in [0.05, 0.1) is 7.11 Å². The molecule has 0 spiro atoms. The van der Waals surface area contributed by atoms with Gasteiger partial charge in [-0.05, 0) is 54.7 Å². The molecule has 4 heteroatoms. The zero-order valence-electron chi connectivity index (χ0n) is 14.5. The van der Waals surface area contributed by atoms with Gasteiger partial charge < -0.3 is 15.4 Å². The number of hydrogen-bond acceptors (Lipinski definition) is 2. The Hall–Kier alpha value is -2.49. The van der Waals surface area contributed by atoms with Crippen LogP contribution >= 0.6 is 0 Å². The lowest BCUT2D eigenvalue weighted by atomic mass is 10.1. The van der Waals surface area contributed by atoms with Gasteiger partial charge in [-0.25, -0.2) is 4.79 Å². The number of carbonyl (C=O) groups excluding carboxylic acids is 1. The Labute approximate surface area is 144 Å². The molecule has 0 atom stereocenters. The summed E-state index contributed by atoms with van der Waals surface area (Å²) in [7, 11) is 1.65. The van der Waals surface area contributed by atoms with Gasteiger partial charge in [0, 0.05) is 12.2 Å². The minimum absolute atomic E-state index is 0.176. The topological polar surface area (TPSA) is 50.4 Å². The third-order valence-corrected chi connectivity index (χ3v) is 3.89. The molecule has 0 aliphatic heterocycles. The fourth-order valence-electron chi connectivity index (χ4n) is 2.42. The third-order valence-electron chi connectivity index (χ3n) is 3.89. The molecule has 0 aliphatic rings. The van der Waals surface area contributed by atoms with Crippen LogP contribution < -0.4 is 15.4 Å². The van der Waals surface area contributed by atoms with E-state index < -0.39 is 0 Å². The van der Waals surface area contributed by atoms with E-state index in [1.165, 1.54) is 18.4 Å². The molecule has 0 radical (unpaired) electrons. The molecular formula is C20H26N2O2. The molecule has 128 valence electrons. The summed E-state index contributed by atoms with van der Waals surface area (Å²) in [6.45, 7) is 2.78. The summed E-state index contributed by atoms with van der Waals surface area (Å²) >= 11 is 0. The lowest BCUT2D eigenvalue weighted by Crippen LogP contribution is -2.30. The average molecular weight is 326 g/mol. The van der Waals surface area contributed by atoms with Crippen LogP contribution in [0.1, 0.15) is 30.9 Å². The first-order chi connectivity index (χ1) is 11.7. The van der Waals surface area contributed by atoms with Crippen LogP contribution in [0.15, 0.2) is 48.5 Å². The van der Waals surface area contributed by atoms with Gasteiger partial charge in [-0.2, -0.15) is 0 Å². The number of urea groups is 1. The van der Waals surface area contributed by atoms with Crippen LogP contribution in [0.4, 0.5) is 10.5 Å². The maximum absolute atomic E-state index is 11.9. The highest BCUT2D eigenvalue weighted by Crippen LogP contribution is 2.12. The summed E-state index contributed by atoms with van der Waals surface area (Å²) in [6, 6.07) is 15.7. The second-order valence-electron chi connectivity index (χ2n) is 5.78. The van der Waals surface area contributed by atoms with Crippen LogP contribution in [0, 0.1) is 0 Å². The Morgan fingerprint density at radius 2 is 1.58 bits per heavy atom. The molecule has 0 heterocycles. The Morgan fingerprint density at radius 1 is 0.958 bits per heavy atom. The second kappa shape index (κ2) is 9.60. The van der Waals surface area contributed by atoms with E-state index in [2.05, 4.69) is 29.7 Å². The number of rotatable bonds is 8. The first-order valence-electron chi connectivity index (χ1n) is 8.48. The van der Waals surface area contributed by atoms with E-state index in [-0.39, 0.29) is 6.03 Å². The third kappa shape index (κ3) is 5.95. The number of aryl methyl sites for hydroxylation is 1. The zero-order valence-corrected chi connectivity index (χ0v) is 14.5. The van der Waals surface area contributed by atoms with Gasteiger partial charge in [0.15, 0.2) is 0 Å². The first-order valence-corrected chi connectivity index (χ1v) is 8.48. The van der Waals surface area contributed by atoms with Gasteiger partial charge in [-0.15, -0.1) is 0 Å². The van der Waals surface area contributed by atoms with Crippen LogP contribution in [-0.2, 0) is 12.8 Å². The molecule has 0 aliphatic carbocycles. The number of methoxy groups -OCH3 is 1. The van der Waals surface area contributed by atoms with E-state index in [4.69, 9.17) is 4.74 Å². The molecule has 4 nitrogen and oxygen atoms in total. The molecule has 0 fully saturated rings. The van der Waals surface area contributed by atoms with Crippen molar-refractivity contribution in [1.82, 2.24) is 5.32 Å². The fourth-order valence-corrected chi connectivity index (χ4v) is 2.42. The minimum atomic E-state index is -0.176. The number of nitrogens with one attached hydrogen (secondary N) is 2. The molecule has 2 rings (SSSR count). The standard InChI is InChI=1S/C20H26N2O2/c1-3-4-5-16-6-10-18(11-7-16)22-20(23)21-15-14-17-8-12-19(24-2)13-9-17/h6-13H,3-5,14-15H2,1-2H3,(H2,21,22,23). The summed E-state index contributed by atoms with van der Waals surface area (Å²) in [5.74, 6) is 0.840. The van der Waals surface area contributed by atoms with Gasteiger partial charge in [0.1, 0.15) is 5.75 Å². The van der Waals surface area contributed by atoms with Crippen molar-refractivity contribution in [1.29, 1.82) is 0 Å². The summed E-state index contributed by atoms with van der Waals surface area (Å²) in [4.78, 5) is 11.9. The molecule has 24 heavy (non-hydrogen) atoms. The zero-order chi connectivity index (χ0) is 17.2. The lowest BCUT2D eigenvalue weighted by Gasteiger charge is -2.09. The van der Waals surface area contributed by atoms with Gasteiger partial charge >= 0.3 is 6.03 Å². The molecular weight excluding hydrogens is 300 g/mol. The van der Waals surface area contributed by atoms with Crippen molar-refractivity contribution in [3.63, 3.8) is 0 Å². The minimum Gasteiger partial charge on any atom is -0.497 e. The number of unbranched alkanes of at least 4 members (excludes halogenated alkanes) is 1. The maximum Gasteiger partial charge on any atom is 0.319 e. The summed E-state index contributed by atoms with van der Waals surface area (Å²) in [6.07, 6.45) is 4.26. The van der Waals surface area contributed by atoms with Crippen molar-refractivity contribution in [3.05, 3.63) is 59.7 Å². The summed E-state index contributed by atoms with van der Waals surface area (Å²) < 4.78 is 5.13. The van der Waals surface area contributed by atoms with Crippen LogP contribution in [0.3, 0.4) is 0 Å². The monoisotopic (exact) mass is 326 g/mol. The van der Waals surface area contributed by atoms with Gasteiger partial charge in [-0.3, -0.25) is 0 Å². The molecule has 0 bridgehead atoms. The average Bonchev–Trinajstić information content (AvgIpc) is 2.62. The number of carbonyl (C=O) groups is 1. The van der Waals surface area contributed by atoms with Crippen LogP contribution in [-0.4, -0.2) is 19.7 Å². The SMILES string of the molecule is CCCCc1ccc(NC(=O)NCCc2ccc(OC)cc2)cc1. The largest absolute Gasteiger partial charge is 0.497 e. The fraction of sp³-hybridized carbons (Fsp3) is 0.350. The number of anilines is 1. The highest BCUT2D eigenvalue weighted by atomic mass is 16.5. The van der Waals surface area contributed by atoms with E-state index in [0.29, 0.717) is 6.54 Å². The van der Waals surface area contributed by atoms with Crippen molar-refractivity contribution in [2.24, 2.45) is 0 Å². The quantitative estimate of drug-likeness (QED) is 0.755. The highest BCUT2D eigenvalue weighted by Gasteiger charge is 2.02. The number of benzene rings is 2. The van der Waals surface area contributed by atoms with E-state index in [0.717, 1.165) is 29.8 Å². The Balaban J connectivity index is 1.72. The molecule has 2 aromatic carbocycles. The molecule has 0 aromatic heterocycles. The molecule has 2 amide bonds. The number of hydrogen-bond donors (Lipinski definition) is 2. The summed E-state index contributed by atoms with van der Waals surface area (Å²) in [5.41, 5.74) is 3.29. The van der Waals surface area contributed by atoms with E-state index in [1.54, 1.807) is 7.11 Å². The van der Waals surface area contributed by atoms with Crippen LogP contribution in [0.25, 0.3) is 0 Å². The smallest absolute Gasteiger partial charge is 0.319 e. The van der Waals surface area contributed by atoms with E-state index >= 15 is 0 Å². The van der Waals surface area contributed by atoms with E-state index in [1.807, 2.05) is 36.4 Å². The summed E-state index contributed by atoms with van der Waals surface area (Å²) in [5, 5.41) is 5.74. The molecule has 0 saturated heterocycles. The normalized spacial score (nSPS) is 10.2. The predicted molar refractivity (Wildman–Crippen MR) is 98.8 cm³/mol. The van der Waals surface area contributed by atoms with Crippen molar-refractivity contribution < 1.29 is 9.53 Å². The van der Waals surface area contributed by atoms with Crippen molar-refractivity contribution >= 4 is 11.7 Å². The van der Waals surface area contributed by atoms with E-state index in [9.17, 15) is 4.79 Å². The molecule has 2 N–H and O–H groups in total. The highest BCUT2D eigenvalue weighted by molar-refractivity contribution is 5.89. The van der Waals surface area contributed by atoms with Crippen molar-refractivity contribution in [3.8, 4) is 5.75 Å². The van der Waals surface area contributed by atoms with Crippen LogP contribution in [0.5, 0.6) is 5.75 Å². The molecule has 2 aromatic rings. The molecule has 0 saturated carbocycles. The van der Waals surface area contributed by atoms with Gasteiger partial charge in [0.25, 0.3) is 0 Å².